The van der Waals surface area contributed by atoms with E-state index in [1.54, 1.807) is 18.3 Å². The van der Waals surface area contributed by atoms with Crippen molar-refractivity contribution < 1.29 is 5.11 Å². The molecule has 0 aliphatic heterocycles. The summed E-state index contributed by atoms with van der Waals surface area (Å²) in [4.78, 5) is 6.42. The van der Waals surface area contributed by atoms with Crippen molar-refractivity contribution in [1.29, 1.82) is 0 Å². The van der Waals surface area contributed by atoms with Crippen molar-refractivity contribution in [2.75, 3.05) is 13.6 Å². The molecule has 0 unspecified atom stereocenters. The van der Waals surface area contributed by atoms with Gasteiger partial charge in [0.2, 0.25) is 0 Å². The summed E-state index contributed by atoms with van der Waals surface area (Å²) in [5.74, 6) is 0. The SMILES string of the molecule is Cc1nc(CN(C)C[C@H](C)O)cs1. The van der Waals surface area contributed by atoms with Crippen LogP contribution in [-0.2, 0) is 6.54 Å². The summed E-state index contributed by atoms with van der Waals surface area (Å²) in [5.41, 5.74) is 1.09. The summed E-state index contributed by atoms with van der Waals surface area (Å²) in [5, 5.41) is 12.3. The van der Waals surface area contributed by atoms with Crippen molar-refractivity contribution in [1.82, 2.24) is 9.88 Å². The van der Waals surface area contributed by atoms with E-state index in [2.05, 4.69) is 15.3 Å². The molecule has 0 aliphatic carbocycles. The van der Waals surface area contributed by atoms with Gasteiger partial charge in [0, 0.05) is 18.5 Å². The summed E-state index contributed by atoms with van der Waals surface area (Å²) in [6, 6.07) is 0. The minimum atomic E-state index is -0.273. The normalized spacial score (nSPS) is 13.6. The number of hydrogen-bond donors (Lipinski definition) is 1. The highest BCUT2D eigenvalue weighted by Crippen LogP contribution is 2.09. The smallest absolute Gasteiger partial charge is 0.0897 e. The maximum Gasteiger partial charge on any atom is 0.0897 e. The van der Waals surface area contributed by atoms with Crippen LogP contribution in [0.4, 0.5) is 0 Å². The molecule has 74 valence electrons. The third-order valence-corrected chi connectivity index (χ3v) is 2.50. The highest BCUT2D eigenvalue weighted by atomic mass is 32.1. The zero-order valence-corrected chi connectivity index (χ0v) is 9.14. The van der Waals surface area contributed by atoms with Crippen LogP contribution in [0.25, 0.3) is 0 Å². The molecule has 0 aromatic carbocycles. The van der Waals surface area contributed by atoms with E-state index in [-0.39, 0.29) is 6.10 Å². The summed E-state index contributed by atoms with van der Waals surface area (Å²) in [7, 11) is 1.99. The first-order valence-corrected chi connectivity index (χ1v) is 5.23. The van der Waals surface area contributed by atoms with Gasteiger partial charge in [0.1, 0.15) is 0 Å². The van der Waals surface area contributed by atoms with E-state index >= 15 is 0 Å². The van der Waals surface area contributed by atoms with E-state index in [0.717, 1.165) is 17.2 Å². The molecule has 0 saturated carbocycles. The van der Waals surface area contributed by atoms with E-state index in [9.17, 15) is 0 Å². The Morgan fingerprint density at radius 1 is 1.69 bits per heavy atom. The fraction of sp³-hybridized carbons (Fsp3) is 0.667. The quantitative estimate of drug-likeness (QED) is 0.795. The van der Waals surface area contributed by atoms with Gasteiger partial charge < -0.3 is 5.11 Å². The van der Waals surface area contributed by atoms with Gasteiger partial charge in [-0.2, -0.15) is 0 Å². The van der Waals surface area contributed by atoms with Crippen LogP contribution in [0.3, 0.4) is 0 Å². The van der Waals surface area contributed by atoms with Crippen LogP contribution in [0.5, 0.6) is 0 Å². The second-order valence-corrected chi connectivity index (χ2v) is 4.47. The fourth-order valence-electron chi connectivity index (χ4n) is 1.27. The Morgan fingerprint density at radius 2 is 2.38 bits per heavy atom. The molecule has 0 saturated heterocycles. The van der Waals surface area contributed by atoms with Gasteiger partial charge in [-0.25, -0.2) is 4.98 Å². The third kappa shape index (κ3) is 3.85. The first-order valence-electron chi connectivity index (χ1n) is 4.35. The van der Waals surface area contributed by atoms with Crippen molar-refractivity contribution >= 4 is 11.3 Å². The standard InChI is InChI=1S/C9H16N2OS/c1-7(12)4-11(3)5-9-6-13-8(2)10-9/h6-7,12H,4-5H2,1-3H3/t7-/m0/s1. The third-order valence-electron chi connectivity index (χ3n) is 1.67. The highest BCUT2D eigenvalue weighted by Gasteiger charge is 2.05. The van der Waals surface area contributed by atoms with E-state index in [1.807, 2.05) is 14.0 Å². The maximum atomic E-state index is 9.15. The Hall–Kier alpha value is -0.450. The number of aryl methyl sites for hydroxylation is 1. The molecule has 1 N–H and O–H groups in total. The van der Waals surface area contributed by atoms with Gasteiger partial charge in [-0.3, -0.25) is 4.90 Å². The van der Waals surface area contributed by atoms with Crippen molar-refractivity contribution in [3.8, 4) is 0 Å². The molecule has 0 radical (unpaired) electrons. The molecule has 1 aromatic heterocycles. The number of likely N-dealkylation sites (N-methyl/N-ethyl adjacent to an activating group) is 1. The van der Waals surface area contributed by atoms with E-state index in [0.29, 0.717) is 6.54 Å². The Morgan fingerprint density at radius 3 is 2.85 bits per heavy atom. The lowest BCUT2D eigenvalue weighted by Crippen LogP contribution is -2.26. The molecule has 3 nitrogen and oxygen atoms in total. The number of aliphatic hydroxyl groups excluding tert-OH is 1. The van der Waals surface area contributed by atoms with Crippen LogP contribution >= 0.6 is 11.3 Å². The number of aliphatic hydroxyl groups is 1. The first kappa shape index (κ1) is 10.6. The minimum Gasteiger partial charge on any atom is -0.392 e. The predicted octanol–water partition coefficient (Wildman–Crippen LogP) is 1.26. The van der Waals surface area contributed by atoms with E-state index < -0.39 is 0 Å². The monoisotopic (exact) mass is 200 g/mol. The van der Waals surface area contributed by atoms with E-state index in [4.69, 9.17) is 5.11 Å². The average Bonchev–Trinajstić information content (AvgIpc) is 2.33. The molecule has 1 heterocycles. The summed E-state index contributed by atoms with van der Waals surface area (Å²) < 4.78 is 0. The molecule has 0 bridgehead atoms. The van der Waals surface area contributed by atoms with Crippen LogP contribution in [0.1, 0.15) is 17.6 Å². The zero-order chi connectivity index (χ0) is 9.84. The summed E-state index contributed by atoms with van der Waals surface area (Å²) in [6.45, 7) is 5.30. The van der Waals surface area contributed by atoms with Crippen LogP contribution in [-0.4, -0.2) is 34.7 Å². The van der Waals surface area contributed by atoms with Gasteiger partial charge in [-0.15, -0.1) is 11.3 Å². The van der Waals surface area contributed by atoms with E-state index in [1.165, 1.54) is 0 Å². The van der Waals surface area contributed by atoms with Gasteiger partial charge in [0.25, 0.3) is 0 Å². The molecule has 0 amide bonds. The van der Waals surface area contributed by atoms with Crippen LogP contribution in [0.15, 0.2) is 5.38 Å². The molecule has 0 fully saturated rings. The summed E-state index contributed by atoms with van der Waals surface area (Å²) in [6.07, 6.45) is -0.273. The van der Waals surface area contributed by atoms with Crippen molar-refractivity contribution in [2.24, 2.45) is 0 Å². The maximum absolute atomic E-state index is 9.15. The Kier molecular flexibility index (Phi) is 3.84. The molecule has 13 heavy (non-hydrogen) atoms. The highest BCUT2D eigenvalue weighted by molar-refractivity contribution is 7.09. The van der Waals surface area contributed by atoms with Gasteiger partial charge in [0.15, 0.2) is 0 Å². The number of hydrogen-bond acceptors (Lipinski definition) is 4. The average molecular weight is 200 g/mol. The number of rotatable bonds is 4. The molecule has 0 aliphatic rings. The summed E-state index contributed by atoms with van der Waals surface area (Å²) >= 11 is 1.66. The zero-order valence-electron chi connectivity index (χ0n) is 8.32. The van der Waals surface area contributed by atoms with Gasteiger partial charge in [0.05, 0.1) is 16.8 Å². The second-order valence-electron chi connectivity index (χ2n) is 3.40. The topological polar surface area (TPSA) is 36.4 Å². The van der Waals surface area contributed by atoms with Gasteiger partial charge >= 0.3 is 0 Å². The largest absolute Gasteiger partial charge is 0.392 e. The lowest BCUT2D eigenvalue weighted by molar-refractivity contribution is 0.138. The first-order chi connectivity index (χ1) is 6.08. The molecule has 1 atom stereocenters. The molecular formula is C9H16N2OS. The molecule has 1 rings (SSSR count). The Labute approximate surface area is 83.0 Å². The molecular weight excluding hydrogens is 184 g/mol. The Balaban J connectivity index is 2.40. The van der Waals surface area contributed by atoms with Crippen LogP contribution in [0, 0.1) is 6.92 Å². The van der Waals surface area contributed by atoms with Gasteiger partial charge in [-0.05, 0) is 20.9 Å². The lowest BCUT2D eigenvalue weighted by Gasteiger charge is -2.16. The number of thiazole rings is 1. The van der Waals surface area contributed by atoms with Crippen molar-refractivity contribution in [3.63, 3.8) is 0 Å². The molecule has 0 spiro atoms. The minimum absolute atomic E-state index is 0.273. The molecule has 1 aromatic rings. The number of aromatic nitrogens is 1. The molecule has 4 heteroatoms. The van der Waals surface area contributed by atoms with Gasteiger partial charge in [-0.1, -0.05) is 0 Å². The van der Waals surface area contributed by atoms with Crippen molar-refractivity contribution in [2.45, 2.75) is 26.5 Å². The fourth-order valence-corrected chi connectivity index (χ4v) is 1.88. The van der Waals surface area contributed by atoms with Crippen molar-refractivity contribution in [3.05, 3.63) is 16.1 Å². The second kappa shape index (κ2) is 4.69. The Bertz CT molecular complexity index is 260. The number of nitrogens with zero attached hydrogens (tertiary/aromatic N) is 2. The predicted molar refractivity (Wildman–Crippen MR) is 54.9 cm³/mol. The van der Waals surface area contributed by atoms with Crippen LogP contribution in [0.2, 0.25) is 0 Å². The van der Waals surface area contributed by atoms with Crippen LogP contribution < -0.4 is 0 Å². The lowest BCUT2D eigenvalue weighted by atomic mass is 10.3.